The van der Waals surface area contributed by atoms with Gasteiger partial charge in [-0.3, -0.25) is 0 Å². The van der Waals surface area contributed by atoms with Gasteiger partial charge in [0, 0.05) is 15.1 Å². The molecule has 21 heavy (non-hydrogen) atoms. The Morgan fingerprint density at radius 2 is 1.24 bits per heavy atom. The van der Waals surface area contributed by atoms with Crippen LogP contribution in [0.15, 0.2) is 71.2 Å². The van der Waals surface area contributed by atoms with Crippen molar-refractivity contribution in [2.75, 3.05) is 0 Å². The molecule has 3 rings (SSSR count). The van der Waals surface area contributed by atoms with Crippen LogP contribution in [0.4, 0.5) is 0 Å². The van der Waals surface area contributed by atoms with E-state index in [1.165, 1.54) is 0 Å². The Morgan fingerprint density at radius 1 is 0.714 bits per heavy atom. The zero-order valence-corrected chi connectivity index (χ0v) is 13.4. The number of hydrogen-bond acceptors (Lipinski definition) is 1. The summed E-state index contributed by atoms with van der Waals surface area (Å²) in [5.41, 5.74) is 4.00. The van der Waals surface area contributed by atoms with Crippen LogP contribution in [0.25, 0.3) is 22.3 Å². The van der Waals surface area contributed by atoms with Gasteiger partial charge < -0.3 is 5.11 Å². The Labute approximate surface area is 137 Å². The van der Waals surface area contributed by atoms with Crippen LogP contribution in [0.1, 0.15) is 0 Å². The van der Waals surface area contributed by atoms with Gasteiger partial charge in [-0.1, -0.05) is 70.0 Å². The Kier molecular flexibility index (Phi) is 4.00. The maximum Gasteiger partial charge on any atom is 0.124 e. The Morgan fingerprint density at radius 3 is 1.81 bits per heavy atom. The van der Waals surface area contributed by atoms with Gasteiger partial charge in [0.1, 0.15) is 5.75 Å². The topological polar surface area (TPSA) is 20.2 Å². The first-order chi connectivity index (χ1) is 10.1. The van der Waals surface area contributed by atoms with Gasteiger partial charge in [0.05, 0.1) is 0 Å². The lowest BCUT2D eigenvalue weighted by molar-refractivity contribution is 0.477. The second-order valence-corrected chi connectivity index (χ2v) is 6.01. The van der Waals surface area contributed by atoms with Crippen LogP contribution in [0, 0.1) is 0 Å². The predicted octanol–water partition coefficient (Wildman–Crippen LogP) is 6.14. The van der Waals surface area contributed by atoms with Crippen molar-refractivity contribution in [2.45, 2.75) is 0 Å². The van der Waals surface area contributed by atoms with Crippen LogP contribution >= 0.6 is 27.5 Å². The van der Waals surface area contributed by atoms with Crippen molar-refractivity contribution in [3.05, 3.63) is 76.2 Å². The monoisotopic (exact) mass is 358 g/mol. The summed E-state index contributed by atoms with van der Waals surface area (Å²) < 4.78 is 0.877. The van der Waals surface area contributed by atoms with Gasteiger partial charge in [0.25, 0.3) is 0 Å². The third-order valence-corrected chi connectivity index (χ3v) is 4.26. The molecule has 0 fully saturated rings. The van der Waals surface area contributed by atoms with Crippen molar-refractivity contribution in [2.24, 2.45) is 0 Å². The van der Waals surface area contributed by atoms with Gasteiger partial charge in [0.15, 0.2) is 0 Å². The Balaban J connectivity index is 2.00. The van der Waals surface area contributed by atoms with Crippen LogP contribution in [-0.4, -0.2) is 5.11 Å². The van der Waals surface area contributed by atoms with Gasteiger partial charge in [-0.15, -0.1) is 0 Å². The van der Waals surface area contributed by atoms with Crippen LogP contribution in [0.5, 0.6) is 5.75 Å². The van der Waals surface area contributed by atoms with Crippen molar-refractivity contribution >= 4 is 27.5 Å². The van der Waals surface area contributed by atoms with Gasteiger partial charge in [0.2, 0.25) is 0 Å². The largest absolute Gasteiger partial charge is 0.507 e. The molecule has 0 aliphatic rings. The van der Waals surface area contributed by atoms with Gasteiger partial charge >= 0.3 is 0 Å². The Hall–Kier alpha value is -1.77. The SMILES string of the molecule is Oc1cccc(Br)c1-c1ccc(-c2ccc(Cl)cc2)cc1. The lowest BCUT2D eigenvalue weighted by atomic mass is 10.00. The lowest BCUT2D eigenvalue weighted by Gasteiger charge is -2.09. The molecule has 0 aliphatic heterocycles. The molecule has 0 saturated heterocycles. The summed E-state index contributed by atoms with van der Waals surface area (Å²) in [5.74, 6) is 0.267. The van der Waals surface area contributed by atoms with E-state index in [0.717, 1.165) is 31.7 Å². The van der Waals surface area contributed by atoms with E-state index in [2.05, 4.69) is 15.9 Å². The number of aromatic hydroxyl groups is 1. The highest BCUT2D eigenvalue weighted by Crippen LogP contribution is 2.36. The number of benzene rings is 3. The Bertz CT molecular complexity index is 744. The third kappa shape index (κ3) is 2.97. The molecular formula is C18H12BrClO. The van der Waals surface area contributed by atoms with Crippen molar-refractivity contribution in [1.82, 2.24) is 0 Å². The molecule has 0 spiro atoms. The van der Waals surface area contributed by atoms with E-state index in [0.29, 0.717) is 0 Å². The van der Waals surface area contributed by atoms with E-state index < -0.39 is 0 Å². The fourth-order valence-corrected chi connectivity index (χ4v) is 2.98. The highest BCUT2D eigenvalue weighted by atomic mass is 79.9. The van der Waals surface area contributed by atoms with E-state index in [1.807, 2.05) is 60.7 Å². The minimum atomic E-state index is 0.267. The normalized spacial score (nSPS) is 10.6. The summed E-state index contributed by atoms with van der Waals surface area (Å²) in [6.45, 7) is 0. The number of halogens is 2. The van der Waals surface area contributed by atoms with E-state index in [1.54, 1.807) is 6.07 Å². The molecule has 1 nitrogen and oxygen atoms in total. The summed E-state index contributed by atoms with van der Waals surface area (Å²) in [6, 6.07) is 21.2. The number of rotatable bonds is 2. The first kappa shape index (κ1) is 14.2. The molecule has 0 aromatic heterocycles. The third-order valence-electron chi connectivity index (χ3n) is 3.34. The number of phenols is 1. The van der Waals surface area contributed by atoms with Crippen molar-refractivity contribution in [3.8, 4) is 28.0 Å². The van der Waals surface area contributed by atoms with E-state index in [-0.39, 0.29) is 5.75 Å². The smallest absolute Gasteiger partial charge is 0.124 e. The van der Waals surface area contributed by atoms with Crippen molar-refractivity contribution in [1.29, 1.82) is 0 Å². The molecule has 0 aliphatic carbocycles. The molecular weight excluding hydrogens is 348 g/mol. The van der Waals surface area contributed by atoms with E-state index in [4.69, 9.17) is 11.6 Å². The molecule has 3 aromatic rings. The molecule has 0 amide bonds. The van der Waals surface area contributed by atoms with E-state index in [9.17, 15) is 5.11 Å². The molecule has 0 heterocycles. The summed E-state index contributed by atoms with van der Waals surface area (Å²) in [4.78, 5) is 0. The molecule has 0 atom stereocenters. The average Bonchev–Trinajstić information content (AvgIpc) is 2.49. The van der Waals surface area contributed by atoms with Gasteiger partial charge in [-0.05, 0) is 41.0 Å². The first-order valence-corrected chi connectivity index (χ1v) is 7.66. The lowest BCUT2D eigenvalue weighted by Crippen LogP contribution is -1.83. The van der Waals surface area contributed by atoms with E-state index >= 15 is 0 Å². The molecule has 0 unspecified atom stereocenters. The summed E-state index contributed by atoms with van der Waals surface area (Å²) in [5, 5.41) is 10.7. The van der Waals surface area contributed by atoms with Crippen molar-refractivity contribution in [3.63, 3.8) is 0 Å². The maximum absolute atomic E-state index is 10.0. The number of hydrogen-bond donors (Lipinski definition) is 1. The zero-order valence-electron chi connectivity index (χ0n) is 11.1. The quantitative estimate of drug-likeness (QED) is 0.582. The minimum absolute atomic E-state index is 0.267. The molecule has 0 bridgehead atoms. The van der Waals surface area contributed by atoms with Crippen LogP contribution in [-0.2, 0) is 0 Å². The number of phenolic OH excluding ortho intramolecular Hbond substituents is 1. The van der Waals surface area contributed by atoms with Gasteiger partial charge in [-0.25, -0.2) is 0 Å². The highest BCUT2D eigenvalue weighted by molar-refractivity contribution is 9.10. The molecule has 0 saturated carbocycles. The average molecular weight is 360 g/mol. The van der Waals surface area contributed by atoms with Crippen LogP contribution < -0.4 is 0 Å². The molecule has 3 heteroatoms. The standard InChI is InChI=1S/C18H12BrClO/c19-16-2-1-3-17(21)18(16)14-6-4-12(5-7-14)13-8-10-15(20)11-9-13/h1-11,21H. The van der Waals surface area contributed by atoms with Crippen molar-refractivity contribution < 1.29 is 5.11 Å². The summed E-state index contributed by atoms with van der Waals surface area (Å²) in [6.07, 6.45) is 0. The zero-order chi connectivity index (χ0) is 14.8. The fourth-order valence-electron chi connectivity index (χ4n) is 2.27. The first-order valence-electron chi connectivity index (χ1n) is 6.49. The molecule has 104 valence electrons. The predicted molar refractivity (Wildman–Crippen MR) is 91.7 cm³/mol. The minimum Gasteiger partial charge on any atom is -0.507 e. The molecule has 1 N–H and O–H groups in total. The molecule has 0 radical (unpaired) electrons. The van der Waals surface area contributed by atoms with Crippen LogP contribution in [0.3, 0.4) is 0 Å². The van der Waals surface area contributed by atoms with Crippen LogP contribution in [0.2, 0.25) is 5.02 Å². The summed E-state index contributed by atoms with van der Waals surface area (Å²) in [7, 11) is 0. The second kappa shape index (κ2) is 5.92. The fraction of sp³-hybridized carbons (Fsp3) is 0. The maximum atomic E-state index is 10.0. The second-order valence-electron chi connectivity index (χ2n) is 4.72. The summed E-state index contributed by atoms with van der Waals surface area (Å²) >= 11 is 9.39. The molecule has 3 aromatic carbocycles. The van der Waals surface area contributed by atoms with Gasteiger partial charge in [-0.2, -0.15) is 0 Å². The highest BCUT2D eigenvalue weighted by Gasteiger charge is 2.08.